The Balaban J connectivity index is 2.25. The van der Waals surface area contributed by atoms with Gasteiger partial charge in [0.15, 0.2) is 0 Å². The highest BCUT2D eigenvalue weighted by Crippen LogP contribution is 2.12. The molecule has 0 saturated carbocycles. The zero-order valence-corrected chi connectivity index (χ0v) is 12.6. The maximum Gasteiger partial charge on any atom is 0.225 e. The van der Waals surface area contributed by atoms with Crippen LogP contribution in [0.25, 0.3) is 0 Å². The quantitative estimate of drug-likeness (QED) is 0.729. The maximum atomic E-state index is 11.7. The largest absolute Gasteiger partial charge is 0.356 e. The fourth-order valence-electron chi connectivity index (χ4n) is 1.80. The number of rotatable bonds is 8. The number of amides is 1. The van der Waals surface area contributed by atoms with Crippen LogP contribution in [-0.4, -0.2) is 17.8 Å². The van der Waals surface area contributed by atoms with Crippen LogP contribution in [0, 0.1) is 5.92 Å². The first-order valence-electron chi connectivity index (χ1n) is 6.11. The molecule has 17 heavy (non-hydrogen) atoms. The summed E-state index contributed by atoms with van der Waals surface area (Å²) in [6, 6.07) is 3.99. The standard InChI is InChI=1S/C13H20BrNOS/c1-2-4-11(6-7-14)10-15-13(16)9-12-5-3-8-17-12/h3,5,8,11H,2,4,6-7,9-10H2,1H3,(H,15,16). The van der Waals surface area contributed by atoms with Crippen LogP contribution in [0.3, 0.4) is 0 Å². The molecular weight excluding hydrogens is 298 g/mol. The summed E-state index contributed by atoms with van der Waals surface area (Å²) in [6.45, 7) is 3.00. The van der Waals surface area contributed by atoms with Gasteiger partial charge in [0, 0.05) is 16.8 Å². The van der Waals surface area contributed by atoms with Gasteiger partial charge in [-0.3, -0.25) is 4.79 Å². The zero-order chi connectivity index (χ0) is 12.5. The minimum Gasteiger partial charge on any atom is -0.356 e. The van der Waals surface area contributed by atoms with Crippen molar-refractivity contribution in [1.82, 2.24) is 5.32 Å². The van der Waals surface area contributed by atoms with Crippen LogP contribution in [0.4, 0.5) is 0 Å². The Labute approximate surface area is 116 Å². The molecule has 0 radical (unpaired) electrons. The third kappa shape index (κ3) is 6.22. The SMILES string of the molecule is CCCC(CCBr)CNC(=O)Cc1cccs1. The van der Waals surface area contributed by atoms with Crippen LogP contribution < -0.4 is 5.32 Å². The van der Waals surface area contributed by atoms with E-state index in [2.05, 4.69) is 28.2 Å². The van der Waals surface area contributed by atoms with Gasteiger partial charge in [-0.15, -0.1) is 11.3 Å². The highest BCUT2D eigenvalue weighted by Gasteiger charge is 2.09. The van der Waals surface area contributed by atoms with Gasteiger partial charge in [-0.1, -0.05) is 35.3 Å². The van der Waals surface area contributed by atoms with Crippen LogP contribution in [0.15, 0.2) is 17.5 Å². The van der Waals surface area contributed by atoms with Crippen molar-refractivity contribution >= 4 is 33.2 Å². The molecule has 2 nitrogen and oxygen atoms in total. The molecule has 0 aliphatic carbocycles. The molecule has 0 spiro atoms. The second kappa shape index (κ2) is 8.70. The number of thiophene rings is 1. The number of carbonyl (C=O) groups is 1. The fraction of sp³-hybridized carbons (Fsp3) is 0.615. The Morgan fingerprint density at radius 2 is 2.35 bits per heavy atom. The van der Waals surface area contributed by atoms with Crippen LogP contribution in [0.1, 0.15) is 31.1 Å². The average Bonchev–Trinajstić information content (AvgIpc) is 2.79. The smallest absolute Gasteiger partial charge is 0.225 e. The van der Waals surface area contributed by atoms with Gasteiger partial charge in [-0.25, -0.2) is 0 Å². The minimum absolute atomic E-state index is 0.142. The fourth-order valence-corrected chi connectivity index (χ4v) is 3.15. The van der Waals surface area contributed by atoms with E-state index in [1.807, 2.05) is 17.5 Å². The maximum absolute atomic E-state index is 11.7. The summed E-state index contributed by atoms with van der Waals surface area (Å²) in [5.74, 6) is 0.745. The first-order valence-corrected chi connectivity index (χ1v) is 8.11. The second-order valence-corrected chi connectivity index (χ2v) is 6.02. The molecule has 1 atom stereocenters. The Hall–Kier alpha value is -0.350. The number of nitrogens with one attached hydrogen (secondary N) is 1. The Bertz CT molecular complexity index is 307. The van der Waals surface area contributed by atoms with Gasteiger partial charge in [0.25, 0.3) is 0 Å². The molecule has 1 heterocycles. The number of alkyl halides is 1. The lowest BCUT2D eigenvalue weighted by atomic mass is 10.0. The van der Waals surface area contributed by atoms with E-state index in [1.54, 1.807) is 11.3 Å². The number of halogens is 1. The van der Waals surface area contributed by atoms with Crippen LogP contribution in [0.2, 0.25) is 0 Å². The van der Waals surface area contributed by atoms with Crippen molar-refractivity contribution in [2.75, 3.05) is 11.9 Å². The molecule has 1 aromatic rings. The third-order valence-electron chi connectivity index (χ3n) is 2.72. The van der Waals surface area contributed by atoms with Crippen molar-refractivity contribution in [3.63, 3.8) is 0 Å². The molecule has 1 amide bonds. The van der Waals surface area contributed by atoms with E-state index in [0.29, 0.717) is 12.3 Å². The number of carbonyl (C=O) groups excluding carboxylic acids is 1. The summed E-state index contributed by atoms with van der Waals surface area (Å²) < 4.78 is 0. The molecule has 1 aromatic heterocycles. The van der Waals surface area contributed by atoms with E-state index >= 15 is 0 Å². The van der Waals surface area contributed by atoms with Crippen LogP contribution in [0.5, 0.6) is 0 Å². The molecule has 0 aromatic carbocycles. The van der Waals surface area contributed by atoms with E-state index in [-0.39, 0.29) is 5.91 Å². The van der Waals surface area contributed by atoms with Crippen molar-refractivity contribution in [3.8, 4) is 0 Å². The topological polar surface area (TPSA) is 29.1 Å². The average molecular weight is 318 g/mol. The molecule has 1 rings (SSSR count). The molecule has 0 saturated heterocycles. The van der Waals surface area contributed by atoms with Gasteiger partial charge in [0.2, 0.25) is 5.91 Å². The third-order valence-corrected chi connectivity index (χ3v) is 4.05. The van der Waals surface area contributed by atoms with Crippen molar-refractivity contribution < 1.29 is 4.79 Å². The lowest BCUT2D eigenvalue weighted by Crippen LogP contribution is -2.30. The van der Waals surface area contributed by atoms with E-state index in [4.69, 9.17) is 0 Å². The Morgan fingerprint density at radius 3 is 2.94 bits per heavy atom. The highest BCUT2D eigenvalue weighted by molar-refractivity contribution is 9.09. The first kappa shape index (κ1) is 14.7. The number of hydrogen-bond donors (Lipinski definition) is 1. The summed E-state index contributed by atoms with van der Waals surface area (Å²) in [5, 5.41) is 6.06. The molecule has 0 bridgehead atoms. The highest BCUT2D eigenvalue weighted by atomic mass is 79.9. The van der Waals surface area contributed by atoms with E-state index in [1.165, 1.54) is 12.8 Å². The number of hydrogen-bond acceptors (Lipinski definition) is 2. The van der Waals surface area contributed by atoms with E-state index in [0.717, 1.165) is 23.2 Å². The lowest BCUT2D eigenvalue weighted by Gasteiger charge is -2.15. The van der Waals surface area contributed by atoms with Crippen LogP contribution >= 0.6 is 27.3 Å². The molecule has 0 fully saturated rings. The molecular formula is C13H20BrNOS. The van der Waals surface area contributed by atoms with Gasteiger partial charge in [0.1, 0.15) is 0 Å². The molecule has 4 heteroatoms. The second-order valence-electron chi connectivity index (χ2n) is 4.19. The predicted octanol–water partition coefficient (Wildman–Crippen LogP) is 3.61. The van der Waals surface area contributed by atoms with Gasteiger partial charge in [-0.05, 0) is 30.2 Å². The lowest BCUT2D eigenvalue weighted by molar-refractivity contribution is -0.120. The van der Waals surface area contributed by atoms with Crippen molar-refractivity contribution in [3.05, 3.63) is 22.4 Å². The zero-order valence-electron chi connectivity index (χ0n) is 10.2. The van der Waals surface area contributed by atoms with Gasteiger partial charge in [0.05, 0.1) is 6.42 Å². The summed E-state index contributed by atoms with van der Waals surface area (Å²) in [6.07, 6.45) is 4.02. The summed E-state index contributed by atoms with van der Waals surface area (Å²) in [4.78, 5) is 12.8. The molecule has 1 N–H and O–H groups in total. The summed E-state index contributed by atoms with van der Waals surface area (Å²) in [5.41, 5.74) is 0. The summed E-state index contributed by atoms with van der Waals surface area (Å²) >= 11 is 5.10. The normalized spacial score (nSPS) is 12.4. The molecule has 0 aliphatic rings. The van der Waals surface area contributed by atoms with Crippen LogP contribution in [-0.2, 0) is 11.2 Å². The molecule has 0 aliphatic heterocycles. The minimum atomic E-state index is 0.142. The van der Waals surface area contributed by atoms with Crippen molar-refractivity contribution in [1.29, 1.82) is 0 Å². The molecule has 1 unspecified atom stereocenters. The first-order chi connectivity index (χ1) is 8.26. The van der Waals surface area contributed by atoms with E-state index in [9.17, 15) is 4.79 Å². The van der Waals surface area contributed by atoms with Crippen molar-refractivity contribution in [2.45, 2.75) is 32.6 Å². The molecule has 96 valence electrons. The monoisotopic (exact) mass is 317 g/mol. The Kier molecular flexibility index (Phi) is 7.53. The van der Waals surface area contributed by atoms with Crippen molar-refractivity contribution in [2.24, 2.45) is 5.92 Å². The predicted molar refractivity (Wildman–Crippen MR) is 77.8 cm³/mol. The van der Waals surface area contributed by atoms with E-state index < -0.39 is 0 Å². The van der Waals surface area contributed by atoms with Gasteiger partial charge in [-0.2, -0.15) is 0 Å². The van der Waals surface area contributed by atoms with Gasteiger partial charge < -0.3 is 5.32 Å². The van der Waals surface area contributed by atoms with Gasteiger partial charge >= 0.3 is 0 Å². The summed E-state index contributed by atoms with van der Waals surface area (Å²) in [7, 11) is 0. The Morgan fingerprint density at radius 1 is 1.53 bits per heavy atom.